The first-order chi connectivity index (χ1) is 7.89. The predicted octanol–water partition coefficient (Wildman–Crippen LogP) is 1.23. The average Bonchev–Trinajstić information content (AvgIpc) is 2.45. The lowest BCUT2D eigenvalue weighted by molar-refractivity contribution is -0.133. The molecule has 2 N–H and O–H groups in total. The van der Waals surface area contributed by atoms with Crippen LogP contribution in [0.5, 0.6) is 0 Å². The van der Waals surface area contributed by atoms with Crippen LogP contribution in [0.3, 0.4) is 0 Å². The molecule has 0 aromatic carbocycles. The molecule has 1 heterocycles. The summed E-state index contributed by atoms with van der Waals surface area (Å²) in [5.74, 6) is -1.22. The van der Waals surface area contributed by atoms with Gasteiger partial charge in [-0.15, -0.1) is 0 Å². The SMILES string of the molecule is CC1C(=O)NC2=C(C=CC(C)(C)C=C2)NC1=O. The van der Waals surface area contributed by atoms with Crippen molar-refractivity contribution >= 4 is 11.8 Å². The summed E-state index contributed by atoms with van der Waals surface area (Å²) in [4.78, 5) is 23.4. The molecule has 0 saturated carbocycles. The minimum Gasteiger partial charge on any atom is -0.324 e. The molecule has 2 rings (SSSR count). The van der Waals surface area contributed by atoms with Crippen molar-refractivity contribution in [1.82, 2.24) is 10.6 Å². The van der Waals surface area contributed by atoms with Gasteiger partial charge in [0.25, 0.3) is 0 Å². The van der Waals surface area contributed by atoms with Gasteiger partial charge in [-0.2, -0.15) is 0 Å². The number of rotatable bonds is 0. The summed E-state index contributed by atoms with van der Waals surface area (Å²) in [5, 5.41) is 5.52. The molecule has 0 fully saturated rings. The maximum atomic E-state index is 11.7. The molecular formula is C13H16N2O2. The highest BCUT2D eigenvalue weighted by atomic mass is 16.2. The van der Waals surface area contributed by atoms with Crippen molar-refractivity contribution in [3.8, 4) is 0 Å². The van der Waals surface area contributed by atoms with Crippen molar-refractivity contribution in [1.29, 1.82) is 0 Å². The standard InChI is InChI=1S/C13H16N2O2/c1-8-11(16)14-9-4-6-13(2,3)7-5-10(9)15-12(8)17/h4-8H,1-3H3,(H,14,16)(H,15,17). The molecule has 0 aromatic rings. The zero-order chi connectivity index (χ0) is 12.6. The smallest absolute Gasteiger partial charge is 0.236 e. The Bertz CT molecular complexity index is 430. The number of amides is 2. The molecule has 0 aromatic heterocycles. The number of carbonyl (C=O) groups is 2. The molecule has 2 amide bonds. The van der Waals surface area contributed by atoms with E-state index in [0.29, 0.717) is 11.4 Å². The summed E-state index contributed by atoms with van der Waals surface area (Å²) in [6, 6.07) is 0. The summed E-state index contributed by atoms with van der Waals surface area (Å²) in [6.07, 6.45) is 7.67. The molecule has 0 saturated heterocycles. The summed E-state index contributed by atoms with van der Waals surface area (Å²) in [5.41, 5.74) is 1.21. The molecule has 4 nitrogen and oxygen atoms in total. The average molecular weight is 232 g/mol. The van der Waals surface area contributed by atoms with Crippen molar-refractivity contribution in [2.75, 3.05) is 0 Å². The van der Waals surface area contributed by atoms with Gasteiger partial charge >= 0.3 is 0 Å². The topological polar surface area (TPSA) is 58.2 Å². The predicted molar refractivity (Wildman–Crippen MR) is 64.5 cm³/mol. The van der Waals surface area contributed by atoms with E-state index in [0.717, 1.165) is 0 Å². The van der Waals surface area contributed by atoms with Crippen LogP contribution in [0.1, 0.15) is 20.8 Å². The molecule has 90 valence electrons. The van der Waals surface area contributed by atoms with Gasteiger partial charge in [-0.25, -0.2) is 0 Å². The van der Waals surface area contributed by atoms with Gasteiger partial charge in [0.1, 0.15) is 5.92 Å². The third kappa shape index (κ3) is 2.30. The van der Waals surface area contributed by atoms with Crippen molar-refractivity contribution in [2.45, 2.75) is 20.8 Å². The second-order valence-corrected chi connectivity index (χ2v) is 5.02. The van der Waals surface area contributed by atoms with E-state index >= 15 is 0 Å². The Morgan fingerprint density at radius 2 is 1.41 bits per heavy atom. The minimum atomic E-state index is -0.670. The van der Waals surface area contributed by atoms with Crippen LogP contribution in [-0.4, -0.2) is 11.8 Å². The number of allylic oxidation sites excluding steroid dienone is 4. The van der Waals surface area contributed by atoms with Crippen LogP contribution in [-0.2, 0) is 9.59 Å². The van der Waals surface area contributed by atoms with Crippen molar-refractivity contribution < 1.29 is 9.59 Å². The van der Waals surface area contributed by atoms with Crippen molar-refractivity contribution in [2.24, 2.45) is 11.3 Å². The van der Waals surface area contributed by atoms with E-state index < -0.39 is 5.92 Å². The fourth-order valence-electron chi connectivity index (χ4n) is 1.65. The maximum Gasteiger partial charge on any atom is 0.236 e. The molecule has 1 aliphatic carbocycles. The first kappa shape index (κ1) is 11.6. The lowest BCUT2D eigenvalue weighted by Gasteiger charge is -2.13. The third-order valence-corrected chi connectivity index (χ3v) is 2.95. The highest BCUT2D eigenvalue weighted by molar-refractivity contribution is 6.02. The van der Waals surface area contributed by atoms with Crippen LogP contribution in [0.4, 0.5) is 0 Å². The highest BCUT2D eigenvalue weighted by Crippen LogP contribution is 2.25. The van der Waals surface area contributed by atoms with Gasteiger partial charge in [0.2, 0.25) is 11.8 Å². The van der Waals surface area contributed by atoms with Gasteiger partial charge in [-0.05, 0) is 19.1 Å². The fourth-order valence-corrected chi connectivity index (χ4v) is 1.65. The number of carbonyl (C=O) groups excluding carboxylic acids is 2. The lowest BCUT2D eigenvalue weighted by Crippen LogP contribution is -2.34. The van der Waals surface area contributed by atoms with Crippen LogP contribution in [0.15, 0.2) is 35.7 Å². The highest BCUT2D eigenvalue weighted by Gasteiger charge is 2.27. The molecule has 0 spiro atoms. The fraction of sp³-hybridized carbons (Fsp3) is 0.385. The second kappa shape index (κ2) is 3.87. The maximum absolute atomic E-state index is 11.7. The van der Waals surface area contributed by atoms with E-state index in [1.165, 1.54) is 0 Å². The Morgan fingerprint density at radius 3 is 1.82 bits per heavy atom. The summed E-state index contributed by atoms with van der Waals surface area (Å²) < 4.78 is 0. The minimum absolute atomic E-state index is 0.0900. The van der Waals surface area contributed by atoms with Gasteiger partial charge in [-0.3, -0.25) is 9.59 Å². The van der Waals surface area contributed by atoms with Crippen molar-refractivity contribution in [3.05, 3.63) is 35.7 Å². The van der Waals surface area contributed by atoms with E-state index in [-0.39, 0.29) is 17.2 Å². The first-order valence-electron chi connectivity index (χ1n) is 5.63. The molecule has 0 bridgehead atoms. The Kier molecular flexibility index (Phi) is 2.65. The molecule has 0 atom stereocenters. The molecule has 0 radical (unpaired) electrons. The van der Waals surface area contributed by atoms with E-state index in [4.69, 9.17) is 0 Å². The zero-order valence-corrected chi connectivity index (χ0v) is 10.2. The van der Waals surface area contributed by atoms with Crippen LogP contribution in [0.2, 0.25) is 0 Å². The van der Waals surface area contributed by atoms with E-state index in [1.54, 1.807) is 6.92 Å². The Labute approximate surface area is 100 Å². The summed E-state index contributed by atoms with van der Waals surface area (Å²) in [7, 11) is 0. The largest absolute Gasteiger partial charge is 0.324 e. The van der Waals surface area contributed by atoms with Crippen LogP contribution in [0, 0.1) is 11.3 Å². The third-order valence-electron chi connectivity index (χ3n) is 2.95. The van der Waals surface area contributed by atoms with Gasteiger partial charge in [0, 0.05) is 5.41 Å². The van der Waals surface area contributed by atoms with E-state index in [2.05, 4.69) is 24.5 Å². The van der Waals surface area contributed by atoms with Crippen molar-refractivity contribution in [3.63, 3.8) is 0 Å². The quantitative estimate of drug-likeness (QED) is 0.617. The molecule has 4 heteroatoms. The van der Waals surface area contributed by atoms with Crippen LogP contribution in [0.25, 0.3) is 0 Å². The zero-order valence-electron chi connectivity index (χ0n) is 10.2. The normalized spacial score (nSPS) is 23.7. The molecule has 17 heavy (non-hydrogen) atoms. The van der Waals surface area contributed by atoms with Crippen LogP contribution >= 0.6 is 0 Å². The Morgan fingerprint density at radius 1 is 1.00 bits per heavy atom. The lowest BCUT2D eigenvalue weighted by atomic mass is 9.93. The van der Waals surface area contributed by atoms with Gasteiger partial charge < -0.3 is 10.6 Å². The van der Waals surface area contributed by atoms with Gasteiger partial charge in [0.15, 0.2) is 0 Å². The number of nitrogens with one attached hydrogen (secondary N) is 2. The molecule has 1 aliphatic heterocycles. The molecular weight excluding hydrogens is 216 g/mol. The molecule has 2 aliphatic rings. The number of hydrogen-bond acceptors (Lipinski definition) is 2. The summed E-state index contributed by atoms with van der Waals surface area (Å²) in [6.45, 7) is 5.70. The number of hydrogen-bond donors (Lipinski definition) is 2. The Balaban J connectivity index is 2.40. The second-order valence-electron chi connectivity index (χ2n) is 5.02. The van der Waals surface area contributed by atoms with Crippen LogP contribution < -0.4 is 10.6 Å². The summed E-state index contributed by atoms with van der Waals surface area (Å²) >= 11 is 0. The van der Waals surface area contributed by atoms with E-state index in [9.17, 15) is 9.59 Å². The first-order valence-corrected chi connectivity index (χ1v) is 5.63. The Hall–Kier alpha value is -1.84. The monoisotopic (exact) mass is 232 g/mol. The molecule has 0 unspecified atom stereocenters. The van der Waals surface area contributed by atoms with Gasteiger partial charge in [0.05, 0.1) is 11.4 Å². The van der Waals surface area contributed by atoms with Gasteiger partial charge in [-0.1, -0.05) is 26.0 Å². The van der Waals surface area contributed by atoms with E-state index in [1.807, 2.05) is 24.3 Å².